The minimum Gasteiger partial charge on any atom is -0.336 e. The van der Waals surface area contributed by atoms with Gasteiger partial charge in [-0.25, -0.2) is 0 Å². The highest BCUT2D eigenvalue weighted by molar-refractivity contribution is 5.96. The Morgan fingerprint density at radius 2 is 1.55 bits per heavy atom. The first-order valence-electron chi connectivity index (χ1n) is 9.21. The van der Waals surface area contributed by atoms with Gasteiger partial charge in [0.1, 0.15) is 0 Å². The van der Waals surface area contributed by atoms with Gasteiger partial charge in [0.2, 0.25) is 5.91 Å². The monoisotopic (exact) mass is 438 g/mol. The summed E-state index contributed by atoms with van der Waals surface area (Å²) in [6.07, 6.45) is 0.200. The molecule has 1 aliphatic heterocycles. The summed E-state index contributed by atoms with van der Waals surface area (Å²) in [5.74, 6) is -0.114. The zero-order valence-corrected chi connectivity index (χ0v) is 18.0. The van der Waals surface area contributed by atoms with E-state index in [0.29, 0.717) is 11.3 Å². The van der Waals surface area contributed by atoms with Crippen molar-refractivity contribution in [3.05, 3.63) is 65.7 Å². The number of carbonyl (C=O) groups excluding carboxylic acids is 2. The molecule has 2 aromatic rings. The molecular weight excluding hydrogens is 411 g/mol. The van der Waals surface area contributed by atoms with Crippen LogP contribution in [0.2, 0.25) is 0 Å². The lowest BCUT2D eigenvalue weighted by Crippen LogP contribution is -2.47. The highest BCUT2D eigenvalue weighted by Gasteiger charge is 2.20. The van der Waals surface area contributed by atoms with Crippen LogP contribution in [0.25, 0.3) is 0 Å². The Morgan fingerprint density at radius 1 is 0.966 bits per heavy atom. The van der Waals surface area contributed by atoms with Crippen LogP contribution in [0.5, 0.6) is 0 Å². The van der Waals surface area contributed by atoms with Gasteiger partial charge in [0.25, 0.3) is 5.91 Å². The molecule has 1 heterocycles. The molecule has 8 heteroatoms. The average Bonchev–Trinajstić information content (AvgIpc) is 2.69. The number of benzene rings is 2. The molecule has 6 nitrogen and oxygen atoms in total. The van der Waals surface area contributed by atoms with Crippen molar-refractivity contribution in [3.63, 3.8) is 0 Å². The Hall–Kier alpha value is -2.12. The van der Waals surface area contributed by atoms with Gasteiger partial charge >= 0.3 is 0 Å². The number of nitrogens with zero attached hydrogens (tertiary/aromatic N) is 2. The fraction of sp³-hybridized carbons (Fsp3) is 0.333. The third-order valence-corrected chi connectivity index (χ3v) is 4.84. The molecule has 29 heavy (non-hydrogen) atoms. The maximum atomic E-state index is 12.5. The summed E-state index contributed by atoms with van der Waals surface area (Å²) >= 11 is 0. The molecule has 1 saturated heterocycles. The first-order chi connectivity index (χ1) is 13.0. The molecule has 2 aromatic carbocycles. The topological polar surface area (TPSA) is 78.7 Å². The maximum absolute atomic E-state index is 12.5. The Labute approximate surface area is 184 Å². The smallest absolute Gasteiger partial charge is 0.253 e. The van der Waals surface area contributed by atoms with Gasteiger partial charge in [-0.05, 0) is 36.9 Å². The summed E-state index contributed by atoms with van der Waals surface area (Å²) in [6, 6.07) is 16.2. The van der Waals surface area contributed by atoms with E-state index in [2.05, 4.69) is 17.3 Å². The number of nitrogens with one attached hydrogen (secondary N) is 1. The molecule has 1 aliphatic rings. The number of piperazine rings is 1. The van der Waals surface area contributed by atoms with Crippen LogP contribution in [0.15, 0.2) is 54.6 Å². The quantitative estimate of drug-likeness (QED) is 0.751. The third-order valence-electron chi connectivity index (χ3n) is 4.84. The Morgan fingerprint density at radius 3 is 2.14 bits per heavy atom. The molecule has 2 amide bonds. The van der Waals surface area contributed by atoms with Gasteiger partial charge in [0.05, 0.1) is 0 Å². The van der Waals surface area contributed by atoms with E-state index in [1.807, 2.05) is 35.2 Å². The van der Waals surface area contributed by atoms with E-state index in [1.165, 1.54) is 0 Å². The summed E-state index contributed by atoms with van der Waals surface area (Å²) in [7, 11) is 2.06. The second kappa shape index (κ2) is 11.8. The highest BCUT2D eigenvalue weighted by atomic mass is 35.5. The lowest BCUT2D eigenvalue weighted by Gasteiger charge is -2.32. The molecule has 1 unspecified atom stereocenters. The predicted octanol–water partition coefficient (Wildman–Crippen LogP) is 2.95. The van der Waals surface area contributed by atoms with E-state index in [9.17, 15) is 9.59 Å². The van der Waals surface area contributed by atoms with Crippen molar-refractivity contribution in [2.75, 3.05) is 38.5 Å². The van der Waals surface area contributed by atoms with Crippen LogP contribution in [0.1, 0.15) is 28.4 Å². The van der Waals surface area contributed by atoms with Gasteiger partial charge in [-0.2, -0.15) is 0 Å². The number of hydrogen-bond acceptors (Lipinski definition) is 4. The normalized spacial score (nSPS) is 14.9. The Kier molecular flexibility index (Phi) is 10.1. The lowest BCUT2D eigenvalue weighted by atomic mass is 10.0. The van der Waals surface area contributed by atoms with E-state index in [1.54, 1.807) is 24.3 Å². The number of anilines is 1. The van der Waals surface area contributed by atoms with Crippen molar-refractivity contribution in [2.24, 2.45) is 5.73 Å². The van der Waals surface area contributed by atoms with Gasteiger partial charge in [0, 0.05) is 49.9 Å². The van der Waals surface area contributed by atoms with Crippen molar-refractivity contribution in [1.29, 1.82) is 0 Å². The Bertz CT molecular complexity index is 779. The van der Waals surface area contributed by atoms with E-state index in [0.717, 1.165) is 31.7 Å². The summed E-state index contributed by atoms with van der Waals surface area (Å²) in [5, 5.41) is 2.84. The molecule has 0 saturated carbocycles. The number of likely N-dealkylation sites (N-methyl/N-ethyl adjacent to an activating group) is 1. The van der Waals surface area contributed by atoms with Crippen LogP contribution in [0, 0.1) is 0 Å². The minimum atomic E-state index is -0.343. The molecule has 0 radical (unpaired) electrons. The van der Waals surface area contributed by atoms with Gasteiger partial charge in [-0.1, -0.05) is 30.3 Å². The number of hydrogen-bond donors (Lipinski definition) is 2. The molecule has 0 bridgehead atoms. The van der Waals surface area contributed by atoms with Gasteiger partial charge in [-0.15, -0.1) is 24.8 Å². The second-order valence-electron chi connectivity index (χ2n) is 6.94. The first-order valence-corrected chi connectivity index (χ1v) is 9.21. The van der Waals surface area contributed by atoms with Crippen LogP contribution < -0.4 is 11.1 Å². The molecular formula is C21H28Cl2N4O2. The van der Waals surface area contributed by atoms with Crippen LogP contribution in [0.3, 0.4) is 0 Å². The van der Waals surface area contributed by atoms with Crippen LogP contribution >= 0.6 is 24.8 Å². The molecule has 0 aliphatic carbocycles. The van der Waals surface area contributed by atoms with Crippen LogP contribution in [-0.2, 0) is 4.79 Å². The zero-order chi connectivity index (χ0) is 19.2. The number of carbonyl (C=O) groups is 2. The van der Waals surface area contributed by atoms with Crippen LogP contribution in [0.4, 0.5) is 5.69 Å². The molecule has 0 aromatic heterocycles. The van der Waals surface area contributed by atoms with E-state index in [4.69, 9.17) is 5.73 Å². The van der Waals surface area contributed by atoms with Gasteiger partial charge in [-0.3, -0.25) is 9.59 Å². The number of halogens is 2. The fourth-order valence-corrected chi connectivity index (χ4v) is 3.12. The van der Waals surface area contributed by atoms with Gasteiger partial charge < -0.3 is 20.9 Å². The highest BCUT2D eigenvalue weighted by Crippen LogP contribution is 2.16. The van der Waals surface area contributed by atoms with Crippen molar-refractivity contribution in [2.45, 2.75) is 12.5 Å². The van der Waals surface area contributed by atoms with E-state index < -0.39 is 0 Å². The van der Waals surface area contributed by atoms with Gasteiger partial charge in [0.15, 0.2) is 0 Å². The largest absolute Gasteiger partial charge is 0.336 e. The number of nitrogens with two attached hydrogens (primary N) is 1. The minimum absolute atomic E-state index is 0. The Balaban J connectivity index is 0.00000210. The first kappa shape index (κ1) is 24.9. The zero-order valence-electron chi connectivity index (χ0n) is 16.4. The molecule has 1 fully saturated rings. The van der Waals surface area contributed by atoms with E-state index in [-0.39, 0.29) is 49.1 Å². The van der Waals surface area contributed by atoms with E-state index >= 15 is 0 Å². The predicted molar refractivity (Wildman–Crippen MR) is 121 cm³/mol. The number of amides is 2. The molecule has 158 valence electrons. The second-order valence-corrected chi connectivity index (χ2v) is 6.94. The molecule has 3 rings (SSSR count). The molecule has 0 spiro atoms. The molecule has 3 N–H and O–H groups in total. The van der Waals surface area contributed by atoms with Crippen LogP contribution in [-0.4, -0.2) is 54.8 Å². The van der Waals surface area contributed by atoms with Crippen molar-refractivity contribution in [1.82, 2.24) is 9.80 Å². The summed E-state index contributed by atoms with van der Waals surface area (Å²) in [4.78, 5) is 28.8. The summed E-state index contributed by atoms with van der Waals surface area (Å²) < 4.78 is 0. The maximum Gasteiger partial charge on any atom is 0.253 e. The van der Waals surface area contributed by atoms with Crippen molar-refractivity contribution in [3.8, 4) is 0 Å². The summed E-state index contributed by atoms with van der Waals surface area (Å²) in [6.45, 7) is 3.26. The summed E-state index contributed by atoms with van der Waals surface area (Å²) in [5.41, 5.74) is 8.32. The standard InChI is InChI=1S/C21H26N4O2.2ClH/c1-24-11-13-25(14-12-24)21(27)17-7-9-18(10-8-17)23-20(26)15-19(22)16-5-3-2-4-6-16;;/h2-10,19H,11-15,22H2,1H3,(H,23,26);2*1H. The average molecular weight is 439 g/mol. The van der Waals surface area contributed by atoms with Crippen molar-refractivity contribution >= 4 is 42.3 Å². The fourth-order valence-electron chi connectivity index (χ4n) is 3.12. The number of rotatable bonds is 5. The third kappa shape index (κ3) is 7.01. The lowest BCUT2D eigenvalue weighted by molar-refractivity contribution is -0.116. The molecule has 1 atom stereocenters. The van der Waals surface area contributed by atoms with Crippen molar-refractivity contribution < 1.29 is 9.59 Å². The SMILES string of the molecule is CN1CCN(C(=O)c2ccc(NC(=O)CC(N)c3ccccc3)cc2)CC1.Cl.Cl.